The Labute approximate surface area is 546 Å². The number of amides is 2. The average molecular weight is 1370 g/mol. The molecule has 2 amide bonds. The summed E-state index contributed by atoms with van der Waals surface area (Å²) in [7, 11) is -9.90. The molecule has 3 aliphatic heterocycles. The van der Waals surface area contributed by atoms with Crippen LogP contribution in [0.3, 0.4) is 0 Å². The summed E-state index contributed by atoms with van der Waals surface area (Å²) in [6.07, 6.45) is -6.15. The molecule has 0 spiro atoms. The SMILES string of the molecule is [C-]#[N+]CCOP(=O)(OCC1OC(n2cnc3c(NC(=O)c4ccccc4)ncnc32)CC1OC(=O)COC(=O)c1cc(C)c(C)c(C)c1)OC1CC(n2cc(C)c(=O)[nH]c2=O)OC1COP(=O)(OCC[N+]#[C-])OC1CC(n2cnc3c(=O)[nH]c(NC(=O)C(C)C)nc32)OC1CC. The maximum Gasteiger partial charge on any atom is 0.475 e. The van der Waals surface area contributed by atoms with Gasteiger partial charge in [-0.15, -0.1) is 0 Å². The summed E-state index contributed by atoms with van der Waals surface area (Å²) in [5, 5.41) is 5.31. The molecule has 0 bridgehead atoms. The van der Waals surface area contributed by atoms with Crippen LogP contribution in [0.2, 0.25) is 0 Å². The second kappa shape index (κ2) is 30.4. The number of aryl methyl sites for hydroxylation is 3. The van der Waals surface area contributed by atoms with Gasteiger partial charge >= 0.3 is 33.3 Å². The number of rotatable bonds is 28. The summed E-state index contributed by atoms with van der Waals surface area (Å²) in [5.41, 5.74) is 1.28. The highest BCUT2D eigenvalue weighted by Crippen LogP contribution is 2.57. The van der Waals surface area contributed by atoms with Crippen LogP contribution in [0.25, 0.3) is 32.0 Å². The third-order valence-electron chi connectivity index (χ3n) is 15.8. The fourth-order valence-electron chi connectivity index (χ4n) is 10.6. The number of aromatic amines is 2. The highest BCUT2D eigenvalue weighted by Gasteiger charge is 2.49. The molecular weight excluding hydrogens is 1300 g/mol. The number of esters is 2. The number of phosphoric acid groups is 2. The first-order valence-electron chi connectivity index (χ1n) is 30.3. The predicted octanol–water partition coefficient (Wildman–Crippen LogP) is 6.52. The van der Waals surface area contributed by atoms with Crippen LogP contribution in [0.15, 0.2) is 82.0 Å². The van der Waals surface area contributed by atoms with Gasteiger partial charge in [0, 0.05) is 42.5 Å². The Morgan fingerprint density at radius 2 is 1.26 bits per heavy atom. The number of H-pyrrole nitrogens is 2. The maximum atomic E-state index is 15.3. The lowest BCUT2D eigenvalue weighted by molar-refractivity contribution is -0.156. The van der Waals surface area contributed by atoms with Crippen molar-refractivity contribution in [3.8, 4) is 0 Å². The number of carbonyl (C=O) groups excluding carboxylic acids is 4. The number of imidazole rings is 2. The van der Waals surface area contributed by atoms with Gasteiger partial charge in [-0.1, -0.05) is 39.0 Å². The van der Waals surface area contributed by atoms with E-state index in [0.717, 1.165) is 21.3 Å². The van der Waals surface area contributed by atoms with E-state index in [-0.39, 0.29) is 84.0 Å². The maximum absolute atomic E-state index is 15.3. The first-order chi connectivity index (χ1) is 46.0. The van der Waals surface area contributed by atoms with Gasteiger partial charge in [-0.3, -0.25) is 75.3 Å². The lowest BCUT2D eigenvalue weighted by Gasteiger charge is -2.27. The number of carbonyl (C=O) groups is 4. The van der Waals surface area contributed by atoms with Crippen LogP contribution in [0, 0.1) is 46.8 Å². The molecule has 3 fully saturated rings. The van der Waals surface area contributed by atoms with Gasteiger partial charge in [-0.25, -0.2) is 56.6 Å². The van der Waals surface area contributed by atoms with Gasteiger partial charge < -0.3 is 38.7 Å². The quantitative estimate of drug-likeness (QED) is 0.0175. The van der Waals surface area contributed by atoms with Gasteiger partial charge in [0.25, 0.3) is 17.0 Å². The van der Waals surface area contributed by atoms with Crippen LogP contribution in [0.4, 0.5) is 11.8 Å². The minimum absolute atomic E-state index is 0.0459. The summed E-state index contributed by atoms with van der Waals surface area (Å²) < 4.78 is 101. The van der Waals surface area contributed by atoms with Crippen molar-refractivity contribution in [3.63, 3.8) is 0 Å². The Kier molecular flexibility index (Phi) is 22.1. The molecule has 7 aromatic rings. The zero-order valence-electron chi connectivity index (χ0n) is 52.9. The Balaban J connectivity index is 0.909. The molecule has 2 aromatic carbocycles. The van der Waals surface area contributed by atoms with Crippen LogP contribution >= 0.6 is 15.6 Å². The van der Waals surface area contributed by atoms with Crippen LogP contribution in [-0.2, 0) is 69.5 Å². The zero-order valence-corrected chi connectivity index (χ0v) is 54.7. The standard InChI is InChI=1S/C60H68N14O20P2/c1-10-39-41(23-47(89-39)74-31-66-50-53(74)68-59(70-57(50)79)69-54(76)32(2)3)93-95(82,85-18-16-61-8)88-27-44-42(24-45(91-44)72-25-35(6)55(77)71-60(72)81)94-96(83,86-19-17-62-9)87-26-43-40(92-48(75)28-84-58(80)38-20-33(4)36(7)34(5)21-38)22-46(90-43)73-30-65-49-51(63-29-64-52(49)73)67-56(78)37-14-12-11-13-15-37/h11-15,20-21,25,29-32,39-47H,10,16-19,22-24,26-28H2,1-7H3,(H,71,77,81)(H,63,64,67,78)(H2,68,69,70,76,79). The number of nitrogens with one attached hydrogen (secondary N) is 4. The Morgan fingerprint density at radius 1 is 0.688 bits per heavy atom. The number of nitrogens with zero attached hydrogens (tertiary/aromatic N) is 10. The van der Waals surface area contributed by atoms with Crippen molar-refractivity contribution in [1.82, 2.24) is 48.6 Å². The smallest absolute Gasteiger partial charge is 0.457 e. The van der Waals surface area contributed by atoms with Gasteiger partial charge in [-0.2, -0.15) is 4.98 Å². The van der Waals surface area contributed by atoms with Crippen LogP contribution in [0.1, 0.15) is 108 Å². The summed E-state index contributed by atoms with van der Waals surface area (Å²) in [4.78, 5) is 125. The number of ether oxygens (including phenoxy) is 5. The van der Waals surface area contributed by atoms with Crippen molar-refractivity contribution in [2.24, 2.45) is 5.92 Å². The Bertz CT molecular complexity index is 4410. The van der Waals surface area contributed by atoms with Crippen molar-refractivity contribution in [1.29, 1.82) is 0 Å². The molecule has 3 saturated heterocycles. The van der Waals surface area contributed by atoms with E-state index in [9.17, 15) is 33.6 Å². The molecule has 3 aliphatic rings. The molecule has 36 heteroatoms. The third kappa shape index (κ3) is 16.3. The number of hydrogen-bond acceptors (Lipinski definition) is 25. The number of benzene rings is 2. The van der Waals surface area contributed by atoms with Gasteiger partial charge in [0.2, 0.25) is 24.9 Å². The molecule has 11 unspecified atom stereocenters. The number of anilines is 2. The van der Waals surface area contributed by atoms with E-state index in [1.54, 1.807) is 63.2 Å². The Hall–Kier alpha value is -9.02. The topological polar surface area (TPSA) is 399 Å². The fraction of sp³-hybridized carbons (Fsp3) is 0.467. The van der Waals surface area contributed by atoms with Crippen LogP contribution in [0.5, 0.6) is 0 Å². The lowest BCUT2D eigenvalue weighted by Crippen LogP contribution is -2.33. The van der Waals surface area contributed by atoms with E-state index < -0.39 is 150 Å². The summed E-state index contributed by atoms with van der Waals surface area (Å²) in [6, 6.07) is 11.6. The van der Waals surface area contributed by atoms with Gasteiger partial charge in [0.05, 0.1) is 43.6 Å². The van der Waals surface area contributed by atoms with E-state index in [0.29, 0.717) is 5.56 Å². The molecule has 11 atom stereocenters. The molecular formula is C60H68N14O20P2. The van der Waals surface area contributed by atoms with Crippen LogP contribution < -0.4 is 27.4 Å². The fourth-order valence-corrected chi connectivity index (χ4v) is 13.4. The molecule has 0 radical (unpaired) electrons. The average Bonchev–Trinajstić information content (AvgIpc) is 1.66. The van der Waals surface area contributed by atoms with Crippen LogP contribution in [-0.4, -0.2) is 155 Å². The largest absolute Gasteiger partial charge is 0.475 e. The van der Waals surface area contributed by atoms with E-state index in [2.05, 4.69) is 55.2 Å². The first kappa shape index (κ1) is 69.8. The minimum Gasteiger partial charge on any atom is -0.457 e. The Morgan fingerprint density at radius 3 is 1.88 bits per heavy atom. The molecule has 10 rings (SSSR count). The lowest BCUT2D eigenvalue weighted by atomic mass is 10.0. The molecule has 8 heterocycles. The number of phosphoric ester groups is 2. The van der Waals surface area contributed by atoms with Crippen molar-refractivity contribution >= 4 is 73.5 Å². The third-order valence-corrected chi connectivity index (χ3v) is 18.8. The molecule has 5 aromatic heterocycles. The molecule has 0 saturated carbocycles. The predicted molar refractivity (Wildman–Crippen MR) is 336 cm³/mol. The highest BCUT2D eigenvalue weighted by atomic mass is 31.2. The second-order valence-electron chi connectivity index (χ2n) is 22.8. The molecule has 34 nitrogen and oxygen atoms in total. The summed E-state index contributed by atoms with van der Waals surface area (Å²) in [5.74, 6) is -3.24. The zero-order chi connectivity index (χ0) is 68.6. The molecule has 4 N–H and O–H groups in total. The van der Waals surface area contributed by atoms with Crippen molar-refractivity contribution in [2.75, 3.05) is 56.8 Å². The van der Waals surface area contributed by atoms with E-state index in [1.807, 2.05) is 20.8 Å². The molecule has 96 heavy (non-hydrogen) atoms. The van der Waals surface area contributed by atoms with Gasteiger partial charge in [-0.05, 0) is 75.1 Å². The normalized spacial score (nSPS) is 22.1. The van der Waals surface area contributed by atoms with Gasteiger partial charge in [0.15, 0.2) is 34.8 Å². The van der Waals surface area contributed by atoms with Crippen molar-refractivity contribution in [2.45, 2.75) is 129 Å². The first-order valence-corrected chi connectivity index (χ1v) is 33.2. The second-order valence-corrected chi connectivity index (χ2v) is 26.0. The van der Waals surface area contributed by atoms with Gasteiger partial charge in [0.1, 0.15) is 62.6 Å². The minimum atomic E-state index is -5.05. The number of fused-ring (bicyclic) bond motifs is 2. The highest BCUT2D eigenvalue weighted by molar-refractivity contribution is 7.48. The van der Waals surface area contributed by atoms with E-state index in [4.69, 9.17) is 64.0 Å². The number of aromatic nitrogens is 10. The van der Waals surface area contributed by atoms with Crippen molar-refractivity contribution < 1.29 is 79.1 Å². The van der Waals surface area contributed by atoms with E-state index in [1.165, 1.54) is 41.2 Å². The molecule has 0 aliphatic carbocycles. The number of hydrogen-bond donors (Lipinski definition) is 4. The monoisotopic (exact) mass is 1370 g/mol. The van der Waals surface area contributed by atoms with E-state index >= 15 is 9.13 Å². The summed E-state index contributed by atoms with van der Waals surface area (Å²) in [6.45, 7) is 22.9. The van der Waals surface area contributed by atoms with Crippen molar-refractivity contribution in [3.05, 3.63) is 155 Å². The molecule has 508 valence electrons. The summed E-state index contributed by atoms with van der Waals surface area (Å²) >= 11 is 0.